The van der Waals surface area contributed by atoms with Crippen molar-refractivity contribution in [1.82, 2.24) is 14.9 Å². The highest BCUT2D eigenvalue weighted by atomic mass is 16.5. The van der Waals surface area contributed by atoms with Crippen LogP contribution in [0.1, 0.15) is 54.2 Å². The van der Waals surface area contributed by atoms with Gasteiger partial charge in [0.05, 0.1) is 19.6 Å². The first-order valence-electron chi connectivity index (χ1n) is 9.49. The molecule has 0 saturated carbocycles. The molecule has 1 aliphatic rings. The van der Waals surface area contributed by atoms with E-state index < -0.39 is 0 Å². The topological polar surface area (TPSA) is 75.3 Å². The molecule has 144 valence electrons. The minimum atomic E-state index is -0.368. The highest BCUT2D eigenvalue weighted by molar-refractivity contribution is 5.79. The molecule has 0 spiro atoms. The standard InChI is InChI=1S/C21H27N3O3/c1-14-18(15(2)23-21(26)22-14)13-20(25)24-12-6-4-5-7-19(24)16-8-10-17(27-3)11-9-16/h8-11,19H,4-7,12-13H2,1-3H3,(H,22,23,26). The predicted molar refractivity (Wildman–Crippen MR) is 104 cm³/mol. The van der Waals surface area contributed by atoms with E-state index in [0.717, 1.165) is 54.8 Å². The molecule has 0 radical (unpaired) electrons. The first kappa shape index (κ1) is 19.1. The molecule has 1 atom stereocenters. The second-order valence-corrected chi connectivity index (χ2v) is 7.13. The number of rotatable bonds is 4. The van der Waals surface area contributed by atoms with E-state index in [1.165, 1.54) is 0 Å². The normalized spacial score (nSPS) is 17.4. The third kappa shape index (κ3) is 4.38. The lowest BCUT2D eigenvalue weighted by Crippen LogP contribution is -2.36. The highest BCUT2D eigenvalue weighted by Crippen LogP contribution is 2.31. The Kier molecular flexibility index (Phi) is 5.94. The fourth-order valence-electron chi connectivity index (χ4n) is 3.85. The lowest BCUT2D eigenvalue weighted by atomic mass is 9.99. The number of carbonyl (C=O) groups is 1. The van der Waals surface area contributed by atoms with Gasteiger partial charge in [0, 0.05) is 23.5 Å². The van der Waals surface area contributed by atoms with E-state index in [0.29, 0.717) is 5.69 Å². The van der Waals surface area contributed by atoms with Gasteiger partial charge in [-0.05, 0) is 44.4 Å². The van der Waals surface area contributed by atoms with Gasteiger partial charge in [-0.25, -0.2) is 4.79 Å². The Morgan fingerprint density at radius 1 is 1.22 bits per heavy atom. The van der Waals surface area contributed by atoms with Gasteiger partial charge < -0.3 is 14.6 Å². The predicted octanol–water partition coefficient (Wildman–Crippen LogP) is 3.08. The molecule has 0 aliphatic carbocycles. The Labute approximate surface area is 159 Å². The van der Waals surface area contributed by atoms with Crippen LogP contribution in [0.2, 0.25) is 0 Å². The lowest BCUT2D eigenvalue weighted by molar-refractivity contribution is -0.133. The van der Waals surface area contributed by atoms with E-state index in [1.54, 1.807) is 14.0 Å². The van der Waals surface area contributed by atoms with E-state index in [1.807, 2.05) is 36.1 Å². The van der Waals surface area contributed by atoms with Crippen molar-refractivity contribution in [3.8, 4) is 5.75 Å². The summed E-state index contributed by atoms with van der Waals surface area (Å²) in [4.78, 5) is 33.4. The molecular weight excluding hydrogens is 342 g/mol. The molecule has 6 nitrogen and oxygen atoms in total. The van der Waals surface area contributed by atoms with E-state index in [4.69, 9.17) is 4.74 Å². The van der Waals surface area contributed by atoms with Crippen molar-refractivity contribution in [2.75, 3.05) is 13.7 Å². The molecule has 2 heterocycles. The minimum Gasteiger partial charge on any atom is -0.497 e. The summed E-state index contributed by atoms with van der Waals surface area (Å²) < 4.78 is 5.25. The maximum atomic E-state index is 13.2. The molecule has 1 fully saturated rings. The van der Waals surface area contributed by atoms with Gasteiger partial charge in [0.2, 0.25) is 5.91 Å². The zero-order valence-electron chi connectivity index (χ0n) is 16.2. The number of aryl methyl sites for hydroxylation is 2. The van der Waals surface area contributed by atoms with Crippen molar-refractivity contribution < 1.29 is 9.53 Å². The fraction of sp³-hybridized carbons (Fsp3) is 0.476. The molecule has 1 saturated heterocycles. The van der Waals surface area contributed by atoms with Gasteiger partial charge in [-0.1, -0.05) is 25.0 Å². The molecule has 1 aliphatic heterocycles. The highest BCUT2D eigenvalue weighted by Gasteiger charge is 2.27. The summed E-state index contributed by atoms with van der Waals surface area (Å²) in [6.45, 7) is 4.36. The molecule has 1 aromatic carbocycles. The van der Waals surface area contributed by atoms with Crippen LogP contribution < -0.4 is 10.4 Å². The van der Waals surface area contributed by atoms with E-state index >= 15 is 0 Å². The monoisotopic (exact) mass is 369 g/mol. The zero-order chi connectivity index (χ0) is 19.4. The van der Waals surface area contributed by atoms with Crippen LogP contribution in [0, 0.1) is 13.8 Å². The fourth-order valence-corrected chi connectivity index (χ4v) is 3.85. The van der Waals surface area contributed by atoms with E-state index in [-0.39, 0.29) is 24.1 Å². The quantitative estimate of drug-likeness (QED) is 0.899. The van der Waals surface area contributed by atoms with E-state index in [9.17, 15) is 9.59 Å². The van der Waals surface area contributed by atoms with Gasteiger partial charge >= 0.3 is 5.69 Å². The van der Waals surface area contributed by atoms with Crippen molar-refractivity contribution in [3.05, 3.63) is 57.3 Å². The molecule has 1 unspecified atom stereocenters. The van der Waals surface area contributed by atoms with Gasteiger partial charge in [-0.15, -0.1) is 0 Å². The van der Waals surface area contributed by atoms with Crippen LogP contribution in [-0.2, 0) is 11.2 Å². The van der Waals surface area contributed by atoms with Crippen molar-refractivity contribution in [1.29, 1.82) is 0 Å². The SMILES string of the molecule is COc1ccc(C2CCCCCN2C(=O)Cc2c(C)nc(=O)[nH]c2C)cc1. The van der Waals surface area contributed by atoms with Gasteiger partial charge in [0.15, 0.2) is 0 Å². The summed E-state index contributed by atoms with van der Waals surface area (Å²) >= 11 is 0. The Bertz CT molecular complexity index is 832. The smallest absolute Gasteiger partial charge is 0.345 e. The molecule has 0 bridgehead atoms. The Hall–Kier alpha value is -2.63. The van der Waals surface area contributed by atoms with Crippen molar-refractivity contribution in [3.63, 3.8) is 0 Å². The van der Waals surface area contributed by atoms with Crippen LogP contribution in [0.3, 0.4) is 0 Å². The van der Waals surface area contributed by atoms with Crippen molar-refractivity contribution >= 4 is 5.91 Å². The summed E-state index contributed by atoms with van der Waals surface area (Å²) in [5, 5.41) is 0. The number of amides is 1. The first-order chi connectivity index (χ1) is 13.0. The number of methoxy groups -OCH3 is 1. The molecule has 27 heavy (non-hydrogen) atoms. The van der Waals surface area contributed by atoms with Gasteiger partial charge in [0.1, 0.15) is 5.75 Å². The van der Waals surface area contributed by atoms with Crippen LogP contribution in [-0.4, -0.2) is 34.4 Å². The number of aromatic nitrogens is 2. The average molecular weight is 369 g/mol. The summed E-state index contributed by atoms with van der Waals surface area (Å²) in [5.41, 5.74) is 2.93. The average Bonchev–Trinajstić information content (AvgIpc) is 2.90. The number of aromatic amines is 1. The number of hydrogen-bond donors (Lipinski definition) is 1. The molecule has 1 amide bonds. The second kappa shape index (κ2) is 8.37. The second-order valence-electron chi connectivity index (χ2n) is 7.13. The summed E-state index contributed by atoms with van der Waals surface area (Å²) in [5.74, 6) is 0.897. The van der Waals surface area contributed by atoms with Crippen LogP contribution >= 0.6 is 0 Å². The van der Waals surface area contributed by atoms with Gasteiger partial charge in [-0.3, -0.25) is 4.79 Å². The van der Waals surface area contributed by atoms with Crippen LogP contribution in [0.25, 0.3) is 0 Å². The van der Waals surface area contributed by atoms with Crippen molar-refractivity contribution in [2.24, 2.45) is 0 Å². The molecular formula is C21H27N3O3. The van der Waals surface area contributed by atoms with Crippen LogP contribution in [0.4, 0.5) is 0 Å². The maximum absolute atomic E-state index is 13.2. The van der Waals surface area contributed by atoms with Gasteiger partial charge in [0.25, 0.3) is 0 Å². The Balaban J connectivity index is 1.86. The number of hydrogen-bond acceptors (Lipinski definition) is 4. The summed E-state index contributed by atoms with van der Waals surface area (Å²) in [7, 11) is 1.65. The number of carbonyl (C=O) groups excluding carboxylic acids is 1. The summed E-state index contributed by atoms with van der Waals surface area (Å²) in [6, 6.07) is 8.06. The van der Waals surface area contributed by atoms with Gasteiger partial charge in [-0.2, -0.15) is 4.98 Å². The number of nitrogens with one attached hydrogen (secondary N) is 1. The third-order valence-corrected chi connectivity index (χ3v) is 5.35. The number of likely N-dealkylation sites (tertiary alicyclic amines) is 1. The molecule has 3 rings (SSSR count). The number of H-pyrrole nitrogens is 1. The number of benzene rings is 1. The van der Waals surface area contributed by atoms with Crippen molar-refractivity contribution in [2.45, 2.75) is 52.0 Å². The zero-order valence-corrected chi connectivity index (χ0v) is 16.2. The number of nitrogens with zero attached hydrogens (tertiary/aromatic N) is 2. The van der Waals surface area contributed by atoms with Crippen LogP contribution in [0.15, 0.2) is 29.1 Å². The molecule has 1 N–H and O–H groups in total. The lowest BCUT2D eigenvalue weighted by Gasteiger charge is -2.31. The molecule has 1 aromatic heterocycles. The van der Waals surface area contributed by atoms with Crippen LogP contribution in [0.5, 0.6) is 5.75 Å². The third-order valence-electron chi connectivity index (χ3n) is 5.35. The molecule has 2 aromatic rings. The largest absolute Gasteiger partial charge is 0.497 e. The first-order valence-corrected chi connectivity index (χ1v) is 9.49. The summed E-state index contributed by atoms with van der Waals surface area (Å²) in [6.07, 6.45) is 4.47. The Morgan fingerprint density at radius 3 is 2.63 bits per heavy atom. The van der Waals surface area contributed by atoms with E-state index in [2.05, 4.69) is 9.97 Å². The molecule has 6 heteroatoms. The maximum Gasteiger partial charge on any atom is 0.345 e. The number of ether oxygens (including phenoxy) is 1. The Morgan fingerprint density at radius 2 is 1.96 bits per heavy atom. The minimum absolute atomic E-state index is 0.0715.